The third-order valence-corrected chi connectivity index (χ3v) is 3.94. The molecule has 1 rings (SSSR count). The van der Waals surface area contributed by atoms with Crippen LogP contribution in [0.15, 0.2) is 35.2 Å². The van der Waals surface area contributed by atoms with Crippen molar-refractivity contribution in [1.82, 2.24) is 10.0 Å². The molecule has 0 spiro atoms. The Hall–Kier alpha value is -2.35. The second-order valence-electron chi connectivity index (χ2n) is 4.26. The number of hydrogen-bond acceptors (Lipinski definition) is 5. The molecule has 22 heavy (non-hydrogen) atoms. The monoisotopic (exact) mass is 326 g/mol. The Balaban J connectivity index is 2.65. The van der Waals surface area contributed by atoms with Crippen LogP contribution < -0.4 is 10.0 Å². The van der Waals surface area contributed by atoms with Crippen LogP contribution in [0.25, 0.3) is 6.08 Å². The first-order chi connectivity index (χ1) is 10.3. The van der Waals surface area contributed by atoms with Gasteiger partial charge < -0.3 is 10.1 Å². The number of allylic oxidation sites excluding steroid dienone is 1. The normalized spacial score (nSPS) is 11.6. The number of rotatable bonds is 6. The van der Waals surface area contributed by atoms with Gasteiger partial charge in [0.1, 0.15) is 6.54 Å². The summed E-state index contributed by atoms with van der Waals surface area (Å²) in [4.78, 5) is 22.5. The van der Waals surface area contributed by atoms with E-state index in [1.54, 1.807) is 31.2 Å². The third-order valence-electron chi connectivity index (χ3n) is 2.52. The smallest absolute Gasteiger partial charge is 0.329 e. The van der Waals surface area contributed by atoms with Crippen molar-refractivity contribution in [2.45, 2.75) is 13.8 Å². The maximum atomic E-state index is 12.0. The van der Waals surface area contributed by atoms with Gasteiger partial charge in [-0.3, -0.25) is 4.79 Å². The van der Waals surface area contributed by atoms with Crippen molar-refractivity contribution in [3.8, 4) is 0 Å². The fourth-order valence-corrected chi connectivity index (χ4v) is 2.23. The molecular formula is C14H18N2O5S. The van der Waals surface area contributed by atoms with Crippen molar-refractivity contribution in [1.29, 1.82) is 0 Å². The number of hydrogen-bond donors (Lipinski definition) is 2. The van der Waals surface area contributed by atoms with Crippen molar-refractivity contribution in [3.63, 3.8) is 0 Å². The molecule has 0 heterocycles. The molecule has 0 aliphatic heterocycles. The first kappa shape index (κ1) is 17.7. The van der Waals surface area contributed by atoms with E-state index < -0.39 is 28.6 Å². The molecule has 0 aliphatic rings. The number of carbonyl (C=O) groups excluding carboxylic acids is 2. The first-order valence-electron chi connectivity index (χ1n) is 6.54. The van der Waals surface area contributed by atoms with Crippen LogP contribution in [0.1, 0.15) is 19.4 Å². The van der Waals surface area contributed by atoms with E-state index in [4.69, 9.17) is 0 Å². The topological polar surface area (TPSA) is 102 Å². The third kappa shape index (κ3) is 5.96. The van der Waals surface area contributed by atoms with Gasteiger partial charge in [-0.25, -0.2) is 17.9 Å². The minimum atomic E-state index is -3.97. The molecule has 0 bridgehead atoms. The van der Waals surface area contributed by atoms with Crippen LogP contribution >= 0.6 is 0 Å². The van der Waals surface area contributed by atoms with E-state index in [1.165, 1.54) is 13.0 Å². The molecule has 0 aromatic heterocycles. The van der Waals surface area contributed by atoms with E-state index in [0.29, 0.717) is 5.56 Å². The van der Waals surface area contributed by atoms with Crippen LogP contribution in [0, 0.1) is 0 Å². The zero-order chi connectivity index (χ0) is 16.6. The van der Waals surface area contributed by atoms with E-state index in [-0.39, 0.29) is 11.5 Å². The number of ether oxygens (including phenoxy) is 1. The summed E-state index contributed by atoms with van der Waals surface area (Å²) in [5.74, 6) is -0.647. The highest BCUT2D eigenvalue weighted by Gasteiger charge is 2.17. The molecule has 2 N–H and O–H groups in total. The number of urea groups is 1. The van der Waals surface area contributed by atoms with E-state index in [9.17, 15) is 18.0 Å². The quantitative estimate of drug-likeness (QED) is 0.766. The molecule has 7 nitrogen and oxygen atoms in total. The number of nitrogens with one attached hydrogen (secondary N) is 2. The van der Waals surface area contributed by atoms with Gasteiger partial charge in [-0.2, -0.15) is 0 Å². The maximum Gasteiger partial charge on any atom is 0.329 e. The standard InChI is InChI=1S/C14H18N2O5S/c1-3-21-13(17)10-15-14(18)16-22(19,20)11(2)9-12-7-5-4-6-8-12/h4-9H,3,10H2,1-2H3,(H2,15,16,18). The van der Waals surface area contributed by atoms with E-state index in [2.05, 4.69) is 10.1 Å². The van der Waals surface area contributed by atoms with Crippen LogP contribution in [0.2, 0.25) is 0 Å². The molecule has 0 radical (unpaired) electrons. The molecule has 0 atom stereocenters. The second-order valence-corrected chi connectivity index (χ2v) is 6.11. The Kier molecular flexibility index (Phi) is 6.58. The van der Waals surface area contributed by atoms with Crippen molar-refractivity contribution < 1.29 is 22.7 Å². The van der Waals surface area contributed by atoms with Crippen LogP contribution in [0.4, 0.5) is 4.79 Å². The number of amides is 2. The lowest BCUT2D eigenvalue weighted by Crippen LogP contribution is -2.42. The molecule has 0 saturated carbocycles. The highest BCUT2D eigenvalue weighted by molar-refractivity contribution is 7.94. The van der Waals surface area contributed by atoms with E-state index >= 15 is 0 Å². The van der Waals surface area contributed by atoms with Gasteiger partial charge in [0.2, 0.25) is 0 Å². The zero-order valence-corrected chi connectivity index (χ0v) is 13.1. The van der Waals surface area contributed by atoms with Gasteiger partial charge in [-0.15, -0.1) is 0 Å². The highest BCUT2D eigenvalue weighted by Crippen LogP contribution is 2.10. The fourth-order valence-electron chi connectivity index (χ4n) is 1.46. The Morgan fingerprint density at radius 1 is 1.23 bits per heavy atom. The Morgan fingerprint density at radius 3 is 2.45 bits per heavy atom. The van der Waals surface area contributed by atoms with Gasteiger partial charge >= 0.3 is 12.0 Å². The average Bonchev–Trinajstić information content (AvgIpc) is 2.46. The SMILES string of the molecule is CCOC(=O)CNC(=O)NS(=O)(=O)C(C)=Cc1ccccc1. The van der Waals surface area contributed by atoms with Crippen LogP contribution in [-0.4, -0.2) is 33.6 Å². The number of sulfonamides is 1. The molecule has 0 unspecified atom stereocenters. The molecular weight excluding hydrogens is 308 g/mol. The molecule has 8 heteroatoms. The molecule has 0 aliphatic carbocycles. The maximum absolute atomic E-state index is 12.0. The van der Waals surface area contributed by atoms with Crippen molar-refractivity contribution >= 4 is 28.1 Å². The summed E-state index contributed by atoms with van der Waals surface area (Å²) in [7, 11) is -3.97. The van der Waals surface area contributed by atoms with Gasteiger partial charge in [0.15, 0.2) is 0 Å². The summed E-state index contributed by atoms with van der Waals surface area (Å²) < 4.78 is 30.3. The minimum absolute atomic E-state index is 0.0232. The summed E-state index contributed by atoms with van der Waals surface area (Å²) in [6.45, 7) is 2.77. The average molecular weight is 326 g/mol. The molecule has 1 aromatic carbocycles. The second kappa shape index (κ2) is 8.18. The van der Waals surface area contributed by atoms with Gasteiger partial charge in [0.05, 0.1) is 11.5 Å². The van der Waals surface area contributed by atoms with E-state index in [1.807, 2.05) is 10.8 Å². The zero-order valence-electron chi connectivity index (χ0n) is 12.3. The van der Waals surface area contributed by atoms with Gasteiger partial charge in [-0.05, 0) is 25.5 Å². The lowest BCUT2D eigenvalue weighted by Gasteiger charge is -2.08. The summed E-state index contributed by atoms with van der Waals surface area (Å²) in [5, 5.41) is 2.11. The van der Waals surface area contributed by atoms with Gasteiger partial charge in [0.25, 0.3) is 10.0 Å². The lowest BCUT2D eigenvalue weighted by atomic mass is 10.2. The molecule has 0 saturated heterocycles. The fraction of sp³-hybridized carbons (Fsp3) is 0.286. The number of esters is 1. The predicted octanol–water partition coefficient (Wildman–Crippen LogP) is 1.24. The van der Waals surface area contributed by atoms with Crippen LogP contribution in [-0.2, 0) is 19.6 Å². The summed E-state index contributed by atoms with van der Waals surface area (Å²) in [6.07, 6.45) is 1.43. The van der Waals surface area contributed by atoms with Crippen molar-refractivity contribution in [3.05, 3.63) is 40.8 Å². The summed E-state index contributed by atoms with van der Waals surface area (Å²) in [6, 6.07) is 7.83. The van der Waals surface area contributed by atoms with Crippen molar-refractivity contribution in [2.24, 2.45) is 0 Å². The van der Waals surface area contributed by atoms with Crippen LogP contribution in [0.3, 0.4) is 0 Å². The number of benzene rings is 1. The van der Waals surface area contributed by atoms with E-state index in [0.717, 1.165) is 0 Å². The first-order valence-corrected chi connectivity index (χ1v) is 8.03. The number of carbonyl (C=O) groups is 2. The predicted molar refractivity (Wildman–Crippen MR) is 82.2 cm³/mol. The van der Waals surface area contributed by atoms with Gasteiger partial charge in [-0.1, -0.05) is 30.3 Å². The highest BCUT2D eigenvalue weighted by atomic mass is 32.2. The minimum Gasteiger partial charge on any atom is -0.465 e. The molecule has 1 aromatic rings. The Morgan fingerprint density at radius 2 is 1.86 bits per heavy atom. The Labute approximate surface area is 129 Å². The molecule has 2 amide bonds. The summed E-state index contributed by atoms with van der Waals surface area (Å²) in [5.41, 5.74) is 0.692. The van der Waals surface area contributed by atoms with Crippen molar-refractivity contribution in [2.75, 3.05) is 13.2 Å². The lowest BCUT2D eigenvalue weighted by molar-refractivity contribution is -0.141. The van der Waals surface area contributed by atoms with Gasteiger partial charge in [0, 0.05) is 0 Å². The molecule has 0 fully saturated rings. The Bertz CT molecular complexity index is 653. The largest absolute Gasteiger partial charge is 0.465 e. The molecule has 120 valence electrons. The summed E-state index contributed by atoms with van der Waals surface area (Å²) >= 11 is 0. The van der Waals surface area contributed by atoms with Crippen LogP contribution in [0.5, 0.6) is 0 Å².